The highest BCUT2D eigenvalue weighted by Gasteiger charge is 2.14. The van der Waals surface area contributed by atoms with E-state index in [-0.39, 0.29) is 6.10 Å². The van der Waals surface area contributed by atoms with E-state index >= 15 is 0 Å². The largest absolute Gasteiger partial charge is 0.496 e. The van der Waals surface area contributed by atoms with Gasteiger partial charge in [-0.1, -0.05) is 6.58 Å². The van der Waals surface area contributed by atoms with E-state index in [0.717, 1.165) is 0 Å². The molecule has 1 saturated heterocycles. The fourth-order valence-corrected chi connectivity index (χ4v) is 0.595. The van der Waals surface area contributed by atoms with Crippen LogP contribution in [0.3, 0.4) is 0 Å². The fraction of sp³-hybridized carbons (Fsp3) is 0.600. The van der Waals surface area contributed by atoms with Gasteiger partial charge in [-0.15, -0.1) is 0 Å². The summed E-state index contributed by atoms with van der Waals surface area (Å²) in [7, 11) is 0. The third kappa shape index (κ3) is 0.933. The van der Waals surface area contributed by atoms with E-state index in [9.17, 15) is 0 Å². The van der Waals surface area contributed by atoms with E-state index in [1.807, 2.05) is 0 Å². The molecular formula is C5H8O2. The van der Waals surface area contributed by atoms with Crippen LogP contribution < -0.4 is 0 Å². The van der Waals surface area contributed by atoms with Crippen LogP contribution in [0.15, 0.2) is 12.3 Å². The Morgan fingerprint density at radius 3 is 2.71 bits per heavy atom. The maximum absolute atomic E-state index is 8.71. The zero-order valence-corrected chi connectivity index (χ0v) is 4.05. The molecule has 0 aliphatic carbocycles. The lowest BCUT2D eigenvalue weighted by Crippen LogP contribution is -2.02. The van der Waals surface area contributed by atoms with Crippen molar-refractivity contribution < 1.29 is 9.84 Å². The van der Waals surface area contributed by atoms with Gasteiger partial charge in [0.05, 0.1) is 11.9 Å². The number of ether oxygens (including phenoxy) is 1. The maximum atomic E-state index is 8.71. The van der Waals surface area contributed by atoms with E-state index in [1.54, 1.807) is 0 Å². The third-order valence-electron chi connectivity index (χ3n) is 0.943. The van der Waals surface area contributed by atoms with Gasteiger partial charge >= 0.3 is 0 Å². The van der Waals surface area contributed by atoms with Crippen molar-refractivity contribution in [2.75, 3.05) is 6.61 Å². The molecule has 0 spiro atoms. The predicted octanol–water partition coefficient (Wildman–Crippen LogP) is 0.281. The van der Waals surface area contributed by atoms with Crippen LogP contribution >= 0.6 is 0 Å². The van der Waals surface area contributed by atoms with E-state index in [2.05, 4.69) is 6.58 Å². The van der Waals surface area contributed by atoms with Gasteiger partial charge in [0.15, 0.2) is 0 Å². The molecule has 1 N–H and O–H groups in total. The van der Waals surface area contributed by atoms with Crippen LogP contribution in [0.2, 0.25) is 0 Å². The Balaban J connectivity index is 2.40. The minimum Gasteiger partial charge on any atom is -0.496 e. The van der Waals surface area contributed by atoms with Crippen molar-refractivity contribution in [1.82, 2.24) is 0 Å². The first kappa shape index (κ1) is 4.65. The van der Waals surface area contributed by atoms with Crippen molar-refractivity contribution in [3.8, 4) is 0 Å². The second-order valence-electron chi connectivity index (χ2n) is 1.71. The molecule has 1 fully saturated rings. The average molecular weight is 100 g/mol. The zero-order chi connectivity index (χ0) is 5.28. The SMILES string of the molecule is C=C1CC(O)CO1. The van der Waals surface area contributed by atoms with Gasteiger partial charge in [0.25, 0.3) is 0 Å². The minimum atomic E-state index is -0.299. The minimum absolute atomic E-state index is 0.299. The Kier molecular flexibility index (Phi) is 1.02. The summed E-state index contributed by atoms with van der Waals surface area (Å²) in [5.74, 6) is 0.701. The molecule has 1 unspecified atom stereocenters. The second-order valence-corrected chi connectivity index (χ2v) is 1.71. The molecule has 0 aromatic heterocycles. The van der Waals surface area contributed by atoms with Crippen LogP contribution in [0.1, 0.15) is 6.42 Å². The monoisotopic (exact) mass is 100 g/mol. The summed E-state index contributed by atoms with van der Waals surface area (Å²) in [6.45, 7) is 3.95. The van der Waals surface area contributed by atoms with E-state index in [0.29, 0.717) is 18.8 Å². The lowest BCUT2D eigenvalue weighted by Gasteiger charge is -1.89. The van der Waals surface area contributed by atoms with Gasteiger partial charge < -0.3 is 9.84 Å². The molecule has 0 radical (unpaired) electrons. The number of aliphatic hydroxyl groups is 1. The van der Waals surface area contributed by atoms with Gasteiger partial charge in [-0.05, 0) is 0 Å². The first-order chi connectivity index (χ1) is 3.29. The molecule has 1 rings (SSSR count). The summed E-state index contributed by atoms with van der Waals surface area (Å²) >= 11 is 0. The molecule has 7 heavy (non-hydrogen) atoms. The number of rotatable bonds is 0. The number of hydrogen-bond donors (Lipinski definition) is 1. The smallest absolute Gasteiger partial charge is 0.114 e. The van der Waals surface area contributed by atoms with Gasteiger partial charge in [0.2, 0.25) is 0 Å². The van der Waals surface area contributed by atoms with Crippen LogP contribution in [-0.4, -0.2) is 17.8 Å². The third-order valence-corrected chi connectivity index (χ3v) is 0.943. The van der Waals surface area contributed by atoms with Crippen LogP contribution in [0.25, 0.3) is 0 Å². The fourth-order valence-electron chi connectivity index (χ4n) is 0.595. The normalized spacial score (nSPS) is 30.4. The lowest BCUT2D eigenvalue weighted by atomic mass is 10.3. The Morgan fingerprint density at radius 1 is 1.86 bits per heavy atom. The van der Waals surface area contributed by atoms with Crippen LogP contribution in [0, 0.1) is 0 Å². The van der Waals surface area contributed by atoms with Crippen molar-refractivity contribution in [1.29, 1.82) is 0 Å². The van der Waals surface area contributed by atoms with Gasteiger partial charge in [-0.3, -0.25) is 0 Å². The van der Waals surface area contributed by atoms with Crippen molar-refractivity contribution in [2.45, 2.75) is 12.5 Å². The maximum Gasteiger partial charge on any atom is 0.114 e. The molecule has 2 nitrogen and oxygen atoms in total. The summed E-state index contributed by atoms with van der Waals surface area (Å²) in [6, 6.07) is 0. The van der Waals surface area contributed by atoms with Crippen LogP contribution in [0.5, 0.6) is 0 Å². The number of hydrogen-bond acceptors (Lipinski definition) is 2. The summed E-state index contributed by atoms with van der Waals surface area (Å²) in [4.78, 5) is 0. The quantitative estimate of drug-likeness (QED) is 0.474. The molecule has 0 saturated carbocycles. The molecule has 0 aromatic carbocycles. The molecule has 1 aliphatic heterocycles. The second kappa shape index (κ2) is 1.54. The summed E-state index contributed by atoms with van der Waals surface area (Å²) in [5, 5.41) is 8.71. The highest BCUT2D eigenvalue weighted by atomic mass is 16.5. The van der Waals surface area contributed by atoms with Gasteiger partial charge in [-0.25, -0.2) is 0 Å². The van der Waals surface area contributed by atoms with Crippen molar-refractivity contribution in [3.63, 3.8) is 0 Å². The summed E-state index contributed by atoms with van der Waals surface area (Å²) in [6.07, 6.45) is 0.312. The highest BCUT2D eigenvalue weighted by molar-refractivity contribution is 4.91. The first-order valence-corrected chi connectivity index (χ1v) is 2.27. The molecule has 1 aliphatic rings. The Labute approximate surface area is 42.4 Å². The van der Waals surface area contributed by atoms with E-state index in [4.69, 9.17) is 9.84 Å². The number of aliphatic hydroxyl groups excluding tert-OH is 1. The summed E-state index contributed by atoms with van der Waals surface area (Å²) in [5.41, 5.74) is 0. The average Bonchev–Trinajstić information content (AvgIpc) is 1.87. The molecule has 40 valence electrons. The Bertz CT molecular complexity index is 88.1. The van der Waals surface area contributed by atoms with Gasteiger partial charge in [-0.2, -0.15) is 0 Å². The molecule has 1 atom stereocenters. The Morgan fingerprint density at radius 2 is 2.57 bits per heavy atom. The highest BCUT2D eigenvalue weighted by Crippen LogP contribution is 2.13. The molecule has 1 heterocycles. The predicted molar refractivity (Wildman–Crippen MR) is 25.7 cm³/mol. The van der Waals surface area contributed by atoms with E-state index < -0.39 is 0 Å². The molecule has 0 bridgehead atoms. The van der Waals surface area contributed by atoms with Gasteiger partial charge in [0.1, 0.15) is 6.61 Å². The first-order valence-electron chi connectivity index (χ1n) is 2.27. The standard InChI is InChI=1S/C5H8O2/c1-4-2-5(6)3-7-4/h5-6H,1-3H2. The van der Waals surface area contributed by atoms with Gasteiger partial charge in [0, 0.05) is 6.42 Å². The molecule has 2 heteroatoms. The Hall–Kier alpha value is -0.500. The molecule has 0 aromatic rings. The topological polar surface area (TPSA) is 29.5 Å². The van der Waals surface area contributed by atoms with Crippen molar-refractivity contribution in [2.24, 2.45) is 0 Å². The molecule has 0 amide bonds. The van der Waals surface area contributed by atoms with Crippen LogP contribution in [0.4, 0.5) is 0 Å². The summed E-state index contributed by atoms with van der Waals surface area (Å²) < 4.78 is 4.82. The molecular weight excluding hydrogens is 92.1 g/mol. The van der Waals surface area contributed by atoms with E-state index in [1.165, 1.54) is 0 Å². The van der Waals surface area contributed by atoms with Crippen molar-refractivity contribution in [3.05, 3.63) is 12.3 Å². The van der Waals surface area contributed by atoms with Crippen LogP contribution in [-0.2, 0) is 4.74 Å². The lowest BCUT2D eigenvalue weighted by molar-refractivity contribution is 0.140. The van der Waals surface area contributed by atoms with Crippen molar-refractivity contribution >= 4 is 0 Å². The zero-order valence-electron chi connectivity index (χ0n) is 4.05.